The van der Waals surface area contributed by atoms with Crippen LogP contribution in [0.15, 0.2) is 36.5 Å². The van der Waals surface area contributed by atoms with Gasteiger partial charge in [0.25, 0.3) is 0 Å². The van der Waals surface area contributed by atoms with Gasteiger partial charge in [0.05, 0.1) is 17.4 Å². The molecule has 0 aliphatic carbocycles. The first kappa shape index (κ1) is 13.3. The molecule has 0 saturated carbocycles. The second-order valence-electron chi connectivity index (χ2n) is 5.14. The van der Waals surface area contributed by atoms with Gasteiger partial charge in [0.1, 0.15) is 11.9 Å². The van der Waals surface area contributed by atoms with Crippen molar-refractivity contribution in [3.8, 4) is 6.07 Å². The van der Waals surface area contributed by atoms with Crippen molar-refractivity contribution in [3.05, 3.63) is 42.1 Å². The fourth-order valence-corrected chi connectivity index (χ4v) is 2.53. The molecule has 1 aliphatic heterocycles. The molecule has 0 atom stereocenters. The topological polar surface area (TPSA) is 78.0 Å². The molecule has 1 aromatic carbocycles. The van der Waals surface area contributed by atoms with Gasteiger partial charge >= 0.3 is 0 Å². The zero-order chi connectivity index (χ0) is 14.7. The Balaban J connectivity index is 1.78. The molecule has 3 N–H and O–H groups in total. The van der Waals surface area contributed by atoms with Crippen LogP contribution in [0.25, 0.3) is 0 Å². The van der Waals surface area contributed by atoms with Crippen LogP contribution in [0.5, 0.6) is 0 Å². The Morgan fingerprint density at radius 2 is 1.90 bits per heavy atom. The van der Waals surface area contributed by atoms with E-state index in [4.69, 9.17) is 11.0 Å². The van der Waals surface area contributed by atoms with Crippen LogP contribution in [0, 0.1) is 11.3 Å². The summed E-state index contributed by atoms with van der Waals surface area (Å²) in [5.74, 6) is 0.528. The summed E-state index contributed by atoms with van der Waals surface area (Å²) in [6.07, 6.45) is 4.07. The standard InChI is InChI=1S/C16H17N5/c17-10-12-9-13(18)11-19-16(12)20-14-3-5-15(6-4-14)21-7-1-2-8-21/h3-6,9,11H,1-2,7-8,18H2,(H,19,20). The monoisotopic (exact) mass is 279 g/mol. The molecule has 5 nitrogen and oxygen atoms in total. The third-order valence-electron chi connectivity index (χ3n) is 3.63. The number of anilines is 4. The van der Waals surface area contributed by atoms with Crippen molar-refractivity contribution in [1.29, 1.82) is 5.26 Å². The smallest absolute Gasteiger partial charge is 0.148 e. The second-order valence-corrected chi connectivity index (χ2v) is 5.14. The summed E-state index contributed by atoms with van der Waals surface area (Å²) in [7, 11) is 0. The van der Waals surface area contributed by atoms with E-state index in [0.717, 1.165) is 18.8 Å². The number of nitriles is 1. The number of nitrogen functional groups attached to an aromatic ring is 1. The fraction of sp³-hybridized carbons (Fsp3) is 0.250. The van der Waals surface area contributed by atoms with Gasteiger partial charge in [-0.3, -0.25) is 0 Å². The van der Waals surface area contributed by atoms with Crippen molar-refractivity contribution in [2.45, 2.75) is 12.8 Å². The van der Waals surface area contributed by atoms with Crippen LogP contribution in [-0.2, 0) is 0 Å². The normalized spacial score (nSPS) is 14.0. The summed E-state index contributed by atoms with van der Waals surface area (Å²) in [5, 5.41) is 12.3. The molecule has 1 aliphatic rings. The quantitative estimate of drug-likeness (QED) is 0.903. The number of benzene rings is 1. The van der Waals surface area contributed by atoms with E-state index < -0.39 is 0 Å². The molecule has 2 heterocycles. The minimum absolute atomic E-state index is 0.443. The van der Waals surface area contributed by atoms with Crippen molar-refractivity contribution in [2.24, 2.45) is 0 Å². The molecule has 106 valence electrons. The molecule has 1 saturated heterocycles. The Hall–Kier alpha value is -2.74. The molecule has 1 aromatic heterocycles. The number of pyridine rings is 1. The van der Waals surface area contributed by atoms with E-state index in [-0.39, 0.29) is 0 Å². The fourth-order valence-electron chi connectivity index (χ4n) is 2.53. The maximum absolute atomic E-state index is 9.12. The molecule has 21 heavy (non-hydrogen) atoms. The average Bonchev–Trinajstić information content (AvgIpc) is 3.04. The minimum atomic E-state index is 0.443. The van der Waals surface area contributed by atoms with Gasteiger partial charge in [-0.1, -0.05) is 0 Å². The van der Waals surface area contributed by atoms with Gasteiger partial charge in [-0.2, -0.15) is 5.26 Å². The minimum Gasteiger partial charge on any atom is -0.397 e. The SMILES string of the molecule is N#Cc1cc(N)cnc1Nc1ccc(N2CCCC2)cc1. The summed E-state index contributed by atoms with van der Waals surface area (Å²) >= 11 is 0. The van der Waals surface area contributed by atoms with E-state index in [1.807, 2.05) is 12.1 Å². The lowest BCUT2D eigenvalue weighted by molar-refractivity contribution is 0.949. The molecule has 0 amide bonds. The molecule has 2 aromatic rings. The van der Waals surface area contributed by atoms with Crippen LogP contribution in [0.1, 0.15) is 18.4 Å². The summed E-state index contributed by atoms with van der Waals surface area (Å²) < 4.78 is 0. The highest BCUT2D eigenvalue weighted by Gasteiger charge is 2.12. The Bertz CT molecular complexity index is 666. The largest absolute Gasteiger partial charge is 0.397 e. The highest BCUT2D eigenvalue weighted by molar-refractivity contribution is 5.66. The van der Waals surface area contributed by atoms with Crippen molar-refractivity contribution in [3.63, 3.8) is 0 Å². The number of aromatic nitrogens is 1. The van der Waals surface area contributed by atoms with Gasteiger partial charge < -0.3 is 16.0 Å². The zero-order valence-corrected chi connectivity index (χ0v) is 11.7. The lowest BCUT2D eigenvalue weighted by Crippen LogP contribution is -2.17. The summed E-state index contributed by atoms with van der Waals surface area (Å²) in [6.45, 7) is 2.26. The van der Waals surface area contributed by atoms with Gasteiger partial charge in [0.15, 0.2) is 0 Å². The third-order valence-corrected chi connectivity index (χ3v) is 3.63. The van der Waals surface area contributed by atoms with Crippen LogP contribution in [0.3, 0.4) is 0 Å². The molecule has 5 heteroatoms. The van der Waals surface area contributed by atoms with Crippen LogP contribution >= 0.6 is 0 Å². The first-order chi connectivity index (χ1) is 10.3. The third kappa shape index (κ3) is 2.90. The van der Waals surface area contributed by atoms with E-state index in [9.17, 15) is 0 Å². The van der Waals surface area contributed by atoms with Crippen LogP contribution in [0.4, 0.5) is 22.9 Å². The maximum Gasteiger partial charge on any atom is 0.148 e. The first-order valence-corrected chi connectivity index (χ1v) is 7.04. The first-order valence-electron chi connectivity index (χ1n) is 7.04. The van der Waals surface area contributed by atoms with Crippen LogP contribution in [0.2, 0.25) is 0 Å². The van der Waals surface area contributed by atoms with Gasteiger partial charge in [-0.25, -0.2) is 4.98 Å². The number of nitrogens with zero attached hydrogens (tertiary/aromatic N) is 3. The Morgan fingerprint density at radius 3 is 2.57 bits per heavy atom. The lowest BCUT2D eigenvalue weighted by Gasteiger charge is -2.18. The molecule has 0 radical (unpaired) electrons. The Labute approximate surface area is 124 Å². The van der Waals surface area contributed by atoms with E-state index >= 15 is 0 Å². The van der Waals surface area contributed by atoms with Crippen molar-refractivity contribution in [1.82, 2.24) is 4.98 Å². The average molecular weight is 279 g/mol. The highest BCUT2D eigenvalue weighted by Crippen LogP contribution is 2.24. The number of nitrogens with one attached hydrogen (secondary N) is 1. The molecule has 3 rings (SSSR count). The highest BCUT2D eigenvalue weighted by atomic mass is 15.1. The van der Waals surface area contributed by atoms with E-state index in [2.05, 4.69) is 33.4 Å². The predicted octanol–water partition coefficient (Wildman–Crippen LogP) is 2.88. The van der Waals surface area contributed by atoms with Gasteiger partial charge in [-0.15, -0.1) is 0 Å². The van der Waals surface area contributed by atoms with Gasteiger partial charge in [0.2, 0.25) is 0 Å². The van der Waals surface area contributed by atoms with Crippen molar-refractivity contribution < 1.29 is 0 Å². The van der Waals surface area contributed by atoms with E-state index in [1.54, 1.807) is 12.3 Å². The summed E-state index contributed by atoms with van der Waals surface area (Å²) in [5.41, 5.74) is 8.72. The van der Waals surface area contributed by atoms with Crippen LogP contribution < -0.4 is 16.0 Å². The van der Waals surface area contributed by atoms with Gasteiger partial charge in [0, 0.05) is 24.5 Å². The number of nitrogens with two attached hydrogens (primary N) is 1. The molecule has 0 bridgehead atoms. The zero-order valence-electron chi connectivity index (χ0n) is 11.7. The lowest BCUT2D eigenvalue weighted by atomic mass is 10.2. The van der Waals surface area contributed by atoms with E-state index in [1.165, 1.54) is 18.5 Å². The van der Waals surface area contributed by atoms with Gasteiger partial charge in [-0.05, 0) is 43.2 Å². The Morgan fingerprint density at radius 1 is 1.19 bits per heavy atom. The number of rotatable bonds is 3. The van der Waals surface area contributed by atoms with Crippen LogP contribution in [-0.4, -0.2) is 18.1 Å². The maximum atomic E-state index is 9.12. The predicted molar refractivity (Wildman–Crippen MR) is 84.5 cm³/mol. The number of hydrogen-bond donors (Lipinski definition) is 2. The van der Waals surface area contributed by atoms with Crippen molar-refractivity contribution in [2.75, 3.05) is 29.0 Å². The van der Waals surface area contributed by atoms with E-state index in [0.29, 0.717) is 17.1 Å². The summed E-state index contributed by atoms with van der Waals surface area (Å²) in [6, 6.07) is 11.9. The Kier molecular flexibility index (Phi) is 3.61. The molecule has 0 unspecified atom stereocenters. The second kappa shape index (κ2) is 5.71. The summed E-state index contributed by atoms with van der Waals surface area (Å²) in [4.78, 5) is 6.56. The number of hydrogen-bond acceptors (Lipinski definition) is 5. The van der Waals surface area contributed by atoms with Crippen molar-refractivity contribution >= 4 is 22.9 Å². The molecular formula is C16H17N5. The molecular weight excluding hydrogens is 262 g/mol. The molecule has 1 fully saturated rings. The molecule has 0 spiro atoms.